The number of aryl methyl sites for hydroxylation is 1. The molecule has 6 nitrogen and oxygen atoms in total. The number of benzene rings is 2. The summed E-state index contributed by atoms with van der Waals surface area (Å²) in [4.78, 5) is 6.86. The Balaban J connectivity index is 1.61. The molecule has 0 amide bonds. The first-order valence-corrected chi connectivity index (χ1v) is 12.4. The first-order valence-electron chi connectivity index (χ1n) is 11.7. The molecule has 0 aliphatic carbocycles. The average molecular weight is 519 g/mol. The van der Waals surface area contributed by atoms with Crippen LogP contribution >= 0.6 is 23.8 Å². The number of nitrogens with zero attached hydrogens (tertiary/aromatic N) is 3. The molecular formula is C28H27ClN4O2S. The van der Waals surface area contributed by atoms with Crippen molar-refractivity contribution in [3.8, 4) is 17.2 Å². The van der Waals surface area contributed by atoms with Crippen molar-refractivity contribution in [2.75, 3.05) is 7.11 Å². The van der Waals surface area contributed by atoms with Crippen LogP contribution in [0.15, 0.2) is 72.9 Å². The summed E-state index contributed by atoms with van der Waals surface area (Å²) < 4.78 is 7.37. The summed E-state index contributed by atoms with van der Waals surface area (Å²) in [5.41, 5.74) is 5.77. The lowest BCUT2D eigenvalue weighted by Crippen LogP contribution is -2.29. The molecule has 1 saturated heterocycles. The molecule has 4 aromatic rings. The van der Waals surface area contributed by atoms with E-state index in [1.807, 2.05) is 41.8 Å². The predicted molar refractivity (Wildman–Crippen MR) is 146 cm³/mol. The number of methoxy groups -OCH3 is 1. The van der Waals surface area contributed by atoms with Crippen molar-refractivity contribution in [3.05, 3.63) is 106 Å². The average Bonchev–Trinajstić information content (AvgIpc) is 3.36. The number of aromatic hydroxyl groups is 1. The zero-order chi connectivity index (χ0) is 25.4. The molecular weight excluding hydrogens is 492 g/mol. The third kappa shape index (κ3) is 4.40. The van der Waals surface area contributed by atoms with Crippen molar-refractivity contribution >= 4 is 28.9 Å². The highest BCUT2D eigenvalue weighted by molar-refractivity contribution is 7.80. The van der Waals surface area contributed by atoms with Gasteiger partial charge >= 0.3 is 0 Å². The van der Waals surface area contributed by atoms with E-state index < -0.39 is 0 Å². The number of halogens is 1. The number of pyridine rings is 1. The van der Waals surface area contributed by atoms with E-state index in [0.717, 1.165) is 34.0 Å². The fraction of sp³-hybridized carbons (Fsp3) is 0.214. The normalized spacial score (nSPS) is 17.3. The molecule has 8 heteroatoms. The second kappa shape index (κ2) is 9.84. The highest BCUT2D eigenvalue weighted by atomic mass is 35.5. The molecule has 2 atom stereocenters. The van der Waals surface area contributed by atoms with Gasteiger partial charge < -0.3 is 24.6 Å². The summed E-state index contributed by atoms with van der Waals surface area (Å²) in [6, 6.07) is 20.9. The van der Waals surface area contributed by atoms with Gasteiger partial charge in [0.25, 0.3) is 0 Å². The van der Waals surface area contributed by atoms with Crippen LogP contribution in [0.1, 0.15) is 40.3 Å². The molecule has 3 heterocycles. The smallest absolute Gasteiger partial charge is 0.170 e. The Kier molecular flexibility index (Phi) is 6.60. The minimum absolute atomic E-state index is 0.115. The summed E-state index contributed by atoms with van der Waals surface area (Å²) >= 11 is 12.1. The molecule has 0 bridgehead atoms. The summed E-state index contributed by atoms with van der Waals surface area (Å²) in [6.07, 6.45) is 1.80. The quantitative estimate of drug-likeness (QED) is 0.304. The standard InChI is InChI=1S/C28H27ClN4O2S/c1-17-14-22(18(2)33(17)24-15-20(29)9-12-25(24)34)27-26(23-6-4-5-13-30-23)31-28(36)32(27)16-19-7-10-21(35-3)11-8-19/h4-15,26-27,34H,16H2,1-3H3,(H,31,36)/t26-,27+/m1/s1. The van der Waals surface area contributed by atoms with Gasteiger partial charge in [-0.05, 0) is 85.7 Å². The van der Waals surface area contributed by atoms with Crippen LogP contribution in [0.4, 0.5) is 0 Å². The number of ether oxygens (including phenoxy) is 1. The first kappa shape index (κ1) is 24.2. The molecule has 0 unspecified atom stereocenters. The van der Waals surface area contributed by atoms with E-state index in [1.54, 1.807) is 31.5 Å². The van der Waals surface area contributed by atoms with Gasteiger partial charge in [0.1, 0.15) is 11.5 Å². The van der Waals surface area contributed by atoms with Crippen molar-refractivity contribution in [1.82, 2.24) is 19.8 Å². The van der Waals surface area contributed by atoms with Crippen molar-refractivity contribution in [1.29, 1.82) is 0 Å². The van der Waals surface area contributed by atoms with Crippen LogP contribution in [0.5, 0.6) is 11.5 Å². The Hall–Kier alpha value is -3.55. The molecule has 5 rings (SSSR count). The van der Waals surface area contributed by atoms with E-state index in [4.69, 9.17) is 28.6 Å². The Morgan fingerprint density at radius 2 is 1.86 bits per heavy atom. The fourth-order valence-electron chi connectivity index (χ4n) is 4.98. The van der Waals surface area contributed by atoms with Crippen molar-refractivity contribution in [3.63, 3.8) is 0 Å². The first-order chi connectivity index (χ1) is 17.4. The predicted octanol–water partition coefficient (Wildman–Crippen LogP) is 6.03. The van der Waals surface area contributed by atoms with Crippen LogP contribution in [0.3, 0.4) is 0 Å². The SMILES string of the molecule is COc1ccc(CN2C(=S)N[C@H](c3ccccn3)[C@@H]2c2cc(C)n(-c3cc(Cl)ccc3O)c2C)cc1. The van der Waals surface area contributed by atoms with E-state index in [1.165, 1.54) is 0 Å². The van der Waals surface area contributed by atoms with Crippen LogP contribution in [0, 0.1) is 13.8 Å². The van der Waals surface area contributed by atoms with Gasteiger partial charge in [0.2, 0.25) is 0 Å². The van der Waals surface area contributed by atoms with Gasteiger partial charge in [-0.25, -0.2) is 0 Å². The van der Waals surface area contributed by atoms with E-state index >= 15 is 0 Å². The minimum atomic E-state index is -0.140. The summed E-state index contributed by atoms with van der Waals surface area (Å²) in [5, 5.41) is 15.4. The number of thiocarbonyl (C=S) groups is 1. The summed E-state index contributed by atoms with van der Waals surface area (Å²) in [7, 11) is 1.66. The number of nitrogens with one attached hydrogen (secondary N) is 1. The van der Waals surface area contributed by atoms with Gasteiger partial charge in [0, 0.05) is 29.2 Å². The van der Waals surface area contributed by atoms with Gasteiger partial charge in [-0.3, -0.25) is 4.98 Å². The largest absolute Gasteiger partial charge is 0.506 e. The molecule has 0 spiro atoms. The van der Waals surface area contributed by atoms with Crippen LogP contribution in [0.2, 0.25) is 5.02 Å². The molecule has 36 heavy (non-hydrogen) atoms. The molecule has 1 fully saturated rings. The van der Waals surface area contributed by atoms with Gasteiger partial charge in [-0.1, -0.05) is 29.8 Å². The fourth-order valence-corrected chi connectivity index (χ4v) is 5.45. The zero-order valence-electron chi connectivity index (χ0n) is 20.3. The zero-order valence-corrected chi connectivity index (χ0v) is 21.8. The highest BCUT2D eigenvalue weighted by Crippen LogP contribution is 2.43. The monoisotopic (exact) mass is 518 g/mol. The molecule has 184 valence electrons. The Bertz CT molecular complexity index is 1410. The van der Waals surface area contributed by atoms with Crippen LogP contribution in [-0.2, 0) is 6.54 Å². The van der Waals surface area contributed by atoms with Crippen molar-refractivity contribution in [2.45, 2.75) is 32.5 Å². The molecule has 1 aliphatic rings. The topological polar surface area (TPSA) is 62.5 Å². The highest BCUT2D eigenvalue weighted by Gasteiger charge is 2.41. The van der Waals surface area contributed by atoms with Crippen LogP contribution < -0.4 is 10.1 Å². The van der Waals surface area contributed by atoms with Gasteiger partial charge in [0.05, 0.1) is 30.6 Å². The summed E-state index contributed by atoms with van der Waals surface area (Å²) in [6.45, 7) is 4.71. The second-order valence-corrected chi connectivity index (χ2v) is 9.72. The number of hydrogen-bond acceptors (Lipinski definition) is 4. The number of rotatable bonds is 6. The second-order valence-electron chi connectivity index (χ2n) is 8.90. The Morgan fingerprint density at radius 1 is 1.08 bits per heavy atom. The maximum atomic E-state index is 10.6. The van der Waals surface area contributed by atoms with E-state index in [0.29, 0.717) is 22.4 Å². The summed E-state index contributed by atoms with van der Waals surface area (Å²) in [5.74, 6) is 0.984. The van der Waals surface area contributed by atoms with Gasteiger partial charge in [-0.15, -0.1) is 0 Å². The van der Waals surface area contributed by atoms with Gasteiger partial charge in [-0.2, -0.15) is 0 Å². The van der Waals surface area contributed by atoms with E-state index in [-0.39, 0.29) is 17.8 Å². The maximum absolute atomic E-state index is 10.6. The molecule has 1 aliphatic heterocycles. The number of phenols is 1. The van der Waals surface area contributed by atoms with Crippen molar-refractivity contribution in [2.24, 2.45) is 0 Å². The third-order valence-electron chi connectivity index (χ3n) is 6.68. The lowest BCUT2D eigenvalue weighted by Gasteiger charge is -2.28. The van der Waals surface area contributed by atoms with E-state index in [2.05, 4.69) is 40.3 Å². The Labute approximate surface area is 221 Å². The number of phenolic OH excluding ortho intramolecular Hbond substituents is 1. The lowest BCUT2D eigenvalue weighted by atomic mass is 9.96. The van der Waals surface area contributed by atoms with Crippen LogP contribution in [0.25, 0.3) is 5.69 Å². The molecule has 0 radical (unpaired) electrons. The minimum Gasteiger partial charge on any atom is -0.506 e. The lowest BCUT2D eigenvalue weighted by molar-refractivity contribution is 0.310. The Morgan fingerprint density at radius 3 is 2.56 bits per heavy atom. The molecule has 2 N–H and O–H groups in total. The molecule has 2 aromatic carbocycles. The number of aromatic nitrogens is 2. The molecule has 2 aromatic heterocycles. The van der Waals surface area contributed by atoms with Crippen molar-refractivity contribution < 1.29 is 9.84 Å². The molecule has 0 saturated carbocycles. The van der Waals surface area contributed by atoms with E-state index in [9.17, 15) is 5.11 Å². The number of hydrogen-bond donors (Lipinski definition) is 2. The maximum Gasteiger partial charge on any atom is 0.170 e. The van der Waals surface area contributed by atoms with Crippen LogP contribution in [-0.4, -0.2) is 31.8 Å². The third-order valence-corrected chi connectivity index (χ3v) is 7.26. The van der Waals surface area contributed by atoms with Gasteiger partial charge in [0.15, 0.2) is 5.11 Å².